The second kappa shape index (κ2) is 16.8. The molecule has 0 heterocycles. The van der Waals surface area contributed by atoms with Crippen LogP contribution in [0.15, 0.2) is 18.2 Å². The summed E-state index contributed by atoms with van der Waals surface area (Å²) in [6.07, 6.45) is 3.15. The topological polar surface area (TPSA) is 128 Å². The number of carboxylic acid groups (broad SMARTS) is 1. The van der Waals surface area contributed by atoms with E-state index in [1.54, 1.807) is 33.8 Å². The van der Waals surface area contributed by atoms with Gasteiger partial charge in [0.25, 0.3) is 0 Å². The molecular formula is C29H45NO8. The first-order valence-electron chi connectivity index (χ1n) is 13.7. The zero-order chi connectivity index (χ0) is 28.8. The summed E-state index contributed by atoms with van der Waals surface area (Å²) in [5, 5.41) is 12.7. The SMILES string of the molecule is CCCC(C)C(=O)Oc1ccc(C[C@H](NCC(C)OC(=O)C(C)CC)C(=O)O)cc1OC(=O)C(C)CCC. The number of aliphatic carboxylic acids is 1. The minimum atomic E-state index is -1.08. The van der Waals surface area contributed by atoms with Gasteiger partial charge in [-0.3, -0.25) is 19.2 Å². The third-order valence-corrected chi connectivity index (χ3v) is 6.40. The zero-order valence-corrected chi connectivity index (χ0v) is 23.9. The number of rotatable bonds is 17. The van der Waals surface area contributed by atoms with Crippen LogP contribution >= 0.6 is 0 Å². The van der Waals surface area contributed by atoms with E-state index in [0.717, 1.165) is 12.8 Å². The summed E-state index contributed by atoms with van der Waals surface area (Å²) in [5.74, 6) is -2.99. The minimum Gasteiger partial charge on any atom is -0.480 e. The highest BCUT2D eigenvalue weighted by atomic mass is 16.6. The first kappa shape index (κ1) is 33.1. The number of carbonyl (C=O) groups is 4. The Morgan fingerprint density at radius 3 is 1.87 bits per heavy atom. The predicted octanol–water partition coefficient (Wildman–Crippen LogP) is 4.93. The number of carboxylic acids is 1. The van der Waals surface area contributed by atoms with Crippen molar-refractivity contribution in [1.82, 2.24) is 5.32 Å². The highest BCUT2D eigenvalue weighted by molar-refractivity contribution is 5.78. The fraction of sp³-hybridized carbons (Fsp3) is 0.655. The molecule has 1 aromatic rings. The molecule has 5 atom stereocenters. The Hall–Kier alpha value is -2.94. The highest BCUT2D eigenvalue weighted by Gasteiger charge is 2.24. The standard InChI is InChI=1S/C29H45NO8/c1-8-11-19(5)28(34)37-24-14-13-22(16-25(24)38-29(35)20(6)12-9-2)15-23(26(31)32)30-17-21(7)36-27(33)18(4)10-3/h13-14,16,18-21,23,30H,8-12,15,17H2,1-7H3,(H,31,32)/t18?,19?,20?,21?,23-/m0/s1. The van der Waals surface area contributed by atoms with Gasteiger partial charge in [0.2, 0.25) is 0 Å². The van der Waals surface area contributed by atoms with Crippen LogP contribution in [0.2, 0.25) is 0 Å². The van der Waals surface area contributed by atoms with Crippen molar-refractivity contribution in [2.24, 2.45) is 17.8 Å². The van der Waals surface area contributed by atoms with Gasteiger partial charge in [0.1, 0.15) is 12.1 Å². The Morgan fingerprint density at radius 2 is 1.37 bits per heavy atom. The molecule has 2 N–H and O–H groups in total. The second-order valence-corrected chi connectivity index (χ2v) is 10.1. The Balaban J connectivity index is 3.07. The normalized spacial score (nSPS) is 15.0. The van der Waals surface area contributed by atoms with Gasteiger partial charge < -0.3 is 24.6 Å². The molecule has 38 heavy (non-hydrogen) atoms. The van der Waals surface area contributed by atoms with Gasteiger partial charge in [-0.1, -0.05) is 60.5 Å². The molecule has 9 heteroatoms. The van der Waals surface area contributed by atoms with Crippen molar-refractivity contribution in [2.75, 3.05) is 6.54 Å². The van der Waals surface area contributed by atoms with E-state index in [1.165, 1.54) is 12.1 Å². The van der Waals surface area contributed by atoms with E-state index in [4.69, 9.17) is 14.2 Å². The van der Waals surface area contributed by atoms with Crippen LogP contribution in [-0.4, -0.2) is 47.7 Å². The highest BCUT2D eigenvalue weighted by Crippen LogP contribution is 2.31. The molecule has 0 bridgehead atoms. The molecule has 0 aliphatic heterocycles. The summed E-state index contributed by atoms with van der Waals surface area (Å²) in [7, 11) is 0. The van der Waals surface area contributed by atoms with Crippen molar-refractivity contribution in [1.29, 1.82) is 0 Å². The molecule has 0 saturated heterocycles. The lowest BCUT2D eigenvalue weighted by atomic mass is 10.0. The van der Waals surface area contributed by atoms with E-state index in [2.05, 4.69) is 5.32 Å². The van der Waals surface area contributed by atoms with Gasteiger partial charge in [0, 0.05) is 6.54 Å². The third-order valence-electron chi connectivity index (χ3n) is 6.40. The maximum Gasteiger partial charge on any atom is 0.321 e. The van der Waals surface area contributed by atoms with E-state index >= 15 is 0 Å². The van der Waals surface area contributed by atoms with Crippen LogP contribution in [0.3, 0.4) is 0 Å². The molecule has 0 spiro atoms. The molecule has 9 nitrogen and oxygen atoms in total. The average Bonchev–Trinajstić information content (AvgIpc) is 2.87. The molecule has 0 aliphatic carbocycles. The quantitative estimate of drug-likeness (QED) is 0.211. The van der Waals surface area contributed by atoms with Crippen molar-refractivity contribution >= 4 is 23.9 Å². The Bertz CT molecular complexity index is 931. The lowest BCUT2D eigenvalue weighted by molar-refractivity contribution is -0.152. The van der Waals surface area contributed by atoms with Gasteiger partial charge in [-0.25, -0.2) is 0 Å². The molecule has 0 fully saturated rings. The van der Waals surface area contributed by atoms with Crippen molar-refractivity contribution in [3.8, 4) is 11.5 Å². The molecule has 4 unspecified atom stereocenters. The van der Waals surface area contributed by atoms with Gasteiger partial charge in [0.15, 0.2) is 11.5 Å². The van der Waals surface area contributed by atoms with Crippen LogP contribution in [0, 0.1) is 17.8 Å². The van der Waals surface area contributed by atoms with Gasteiger partial charge in [-0.15, -0.1) is 0 Å². The molecule has 214 valence electrons. The average molecular weight is 536 g/mol. The number of carbonyl (C=O) groups excluding carboxylic acids is 3. The van der Waals surface area contributed by atoms with Crippen LogP contribution < -0.4 is 14.8 Å². The van der Waals surface area contributed by atoms with E-state index in [9.17, 15) is 24.3 Å². The van der Waals surface area contributed by atoms with Crippen LogP contribution in [-0.2, 0) is 30.3 Å². The summed E-state index contributed by atoms with van der Waals surface area (Å²) >= 11 is 0. The molecule has 0 aromatic heterocycles. The van der Waals surface area contributed by atoms with Crippen molar-refractivity contribution in [3.05, 3.63) is 23.8 Å². The van der Waals surface area contributed by atoms with E-state index < -0.39 is 30.1 Å². The Labute approximate surface area is 226 Å². The van der Waals surface area contributed by atoms with Crippen molar-refractivity contribution < 1.29 is 38.5 Å². The fourth-order valence-electron chi connectivity index (χ4n) is 3.68. The van der Waals surface area contributed by atoms with Gasteiger partial charge >= 0.3 is 23.9 Å². The lowest BCUT2D eigenvalue weighted by Gasteiger charge is -2.20. The van der Waals surface area contributed by atoms with Crippen LogP contribution in [0.1, 0.15) is 86.1 Å². The Morgan fingerprint density at radius 1 is 0.816 bits per heavy atom. The molecule has 0 radical (unpaired) electrons. The summed E-state index contributed by atoms with van der Waals surface area (Å²) in [6, 6.07) is 3.71. The third kappa shape index (κ3) is 11.2. The minimum absolute atomic E-state index is 0.0664. The summed E-state index contributed by atoms with van der Waals surface area (Å²) < 4.78 is 16.5. The summed E-state index contributed by atoms with van der Waals surface area (Å²) in [4.78, 5) is 49.1. The second-order valence-electron chi connectivity index (χ2n) is 10.1. The van der Waals surface area contributed by atoms with E-state index in [0.29, 0.717) is 24.8 Å². The molecule has 1 rings (SSSR count). The molecule has 0 aliphatic rings. The van der Waals surface area contributed by atoms with Crippen LogP contribution in [0.25, 0.3) is 0 Å². The lowest BCUT2D eigenvalue weighted by Crippen LogP contribution is -2.43. The van der Waals surface area contributed by atoms with Crippen molar-refractivity contribution in [3.63, 3.8) is 0 Å². The predicted molar refractivity (Wildman–Crippen MR) is 144 cm³/mol. The number of nitrogens with one attached hydrogen (secondary N) is 1. The maximum absolute atomic E-state index is 12.6. The monoisotopic (exact) mass is 535 g/mol. The number of hydrogen-bond acceptors (Lipinski definition) is 8. The number of ether oxygens (including phenoxy) is 3. The maximum atomic E-state index is 12.6. The van der Waals surface area contributed by atoms with Gasteiger partial charge in [-0.05, 0) is 50.3 Å². The first-order chi connectivity index (χ1) is 17.9. The Kier molecular flexibility index (Phi) is 14.6. The fourth-order valence-corrected chi connectivity index (χ4v) is 3.68. The smallest absolute Gasteiger partial charge is 0.321 e. The van der Waals surface area contributed by atoms with Gasteiger partial charge in [-0.2, -0.15) is 0 Å². The number of hydrogen-bond donors (Lipinski definition) is 2. The van der Waals surface area contributed by atoms with E-state index in [-0.39, 0.29) is 48.2 Å². The largest absolute Gasteiger partial charge is 0.480 e. The molecule has 0 saturated carbocycles. The number of benzene rings is 1. The summed E-state index contributed by atoms with van der Waals surface area (Å²) in [5.41, 5.74) is 0.571. The van der Waals surface area contributed by atoms with Crippen LogP contribution in [0.4, 0.5) is 0 Å². The van der Waals surface area contributed by atoms with Crippen LogP contribution in [0.5, 0.6) is 11.5 Å². The summed E-state index contributed by atoms with van der Waals surface area (Å²) in [6.45, 7) is 13.0. The van der Waals surface area contributed by atoms with Crippen molar-refractivity contribution in [2.45, 2.75) is 99.1 Å². The zero-order valence-electron chi connectivity index (χ0n) is 23.9. The van der Waals surface area contributed by atoms with E-state index in [1.807, 2.05) is 20.8 Å². The first-order valence-corrected chi connectivity index (χ1v) is 13.7. The molecule has 1 aromatic carbocycles. The van der Waals surface area contributed by atoms with Gasteiger partial charge in [0.05, 0.1) is 17.8 Å². The molecule has 0 amide bonds. The number of esters is 3. The molecular weight excluding hydrogens is 490 g/mol.